The van der Waals surface area contributed by atoms with Crippen molar-refractivity contribution in [3.05, 3.63) is 64.9 Å². The lowest BCUT2D eigenvalue weighted by molar-refractivity contribution is -0.115. The largest absolute Gasteiger partial charge is 0.497 e. The number of carbonyl (C=O) groups is 1. The number of methoxy groups -OCH3 is 2. The van der Waals surface area contributed by atoms with Crippen LogP contribution in [-0.4, -0.2) is 20.1 Å². The van der Waals surface area contributed by atoms with Gasteiger partial charge in [0, 0.05) is 10.7 Å². The third-order valence-electron chi connectivity index (χ3n) is 2.96. The summed E-state index contributed by atoms with van der Waals surface area (Å²) in [6.07, 6.45) is 1.66. The van der Waals surface area contributed by atoms with E-state index >= 15 is 0 Å². The molecule has 0 bridgehead atoms. The zero-order valence-corrected chi connectivity index (χ0v) is 13.1. The Morgan fingerprint density at radius 1 is 1.05 bits per heavy atom. The second-order valence-corrected chi connectivity index (χ2v) is 4.88. The van der Waals surface area contributed by atoms with Crippen LogP contribution in [0.4, 0.5) is 5.69 Å². The Morgan fingerprint density at radius 3 is 2.23 bits per heavy atom. The number of rotatable bonds is 5. The van der Waals surface area contributed by atoms with Gasteiger partial charge in [0.15, 0.2) is 5.76 Å². The number of anilines is 1. The van der Waals surface area contributed by atoms with Crippen molar-refractivity contribution >= 4 is 29.3 Å². The molecule has 0 aromatic heterocycles. The standard InChI is InChI=1S/C17H16ClNO3/c1-21-15-9-3-12(4-10-15)11-16(22-2)17(20)19-14-7-5-13(18)6-8-14/h3-11H,1-2H3,(H,19,20)/b16-11-. The molecule has 22 heavy (non-hydrogen) atoms. The molecule has 114 valence electrons. The van der Waals surface area contributed by atoms with Gasteiger partial charge in [0.25, 0.3) is 5.91 Å². The summed E-state index contributed by atoms with van der Waals surface area (Å²) in [7, 11) is 3.06. The molecule has 0 aliphatic heterocycles. The van der Waals surface area contributed by atoms with Crippen LogP contribution < -0.4 is 10.1 Å². The van der Waals surface area contributed by atoms with Gasteiger partial charge in [-0.05, 0) is 48.0 Å². The van der Waals surface area contributed by atoms with Gasteiger partial charge in [0.2, 0.25) is 0 Å². The van der Waals surface area contributed by atoms with Crippen molar-refractivity contribution in [3.8, 4) is 5.75 Å². The predicted octanol–water partition coefficient (Wildman–Crippen LogP) is 3.97. The summed E-state index contributed by atoms with van der Waals surface area (Å²) in [4.78, 5) is 12.2. The highest BCUT2D eigenvalue weighted by atomic mass is 35.5. The van der Waals surface area contributed by atoms with E-state index in [9.17, 15) is 4.79 Å². The first-order chi connectivity index (χ1) is 10.6. The second-order valence-electron chi connectivity index (χ2n) is 4.45. The lowest BCUT2D eigenvalue weighted by Crippen LogP contribution is -2.15. The number of hydrogen-bond acceptors (Lipinski definition) is 3. The normalized spacial score (nSPS) is 11.0. The Kier molecular flexibility index (Phi) is 5.44. The highest BCUT2D eigenvalue weighted by Crippen LogP contribution is 2.17. The van der Waals surface area contributed by atoms with E-state index in [1.165, 1.54) is 7.11 Å². The van der Waals surface area contributed by atoms with E-state index in [0.717, 1.165) is 11.3 Å². The Balaban J connectivity index is 2.13. The quantitative estimate of drug-likeness (QED) is 0.670. The number of nitrogens with one attached hydrogen (secondary N) is 1. The molecule has 0 aliphatic rings. The van der Waals surface area contributed by atoms with Crippen LogP contribution in [0.15, 0.2) is 54.3 Å². The summed E-state index contributed by atoms with van der Waals surface area (Å²) in [6.45, 7) is 0. The number of amides is 1. The monoisotopic (exact) mass is 317 g/mol. The van der Waals surface area contributed by atoms with Crippen molar-refractivity contribution < 1.29 is 14.3 Å². The zero-order valence-electron chi connectivity index (χ0n) is 12.3. The average molecular weight is 318 g/mol. The van der Waals surface area contributed by atoms with Crippen molar-refractivity contribution in [2.75, 3.05) is 19.5 Å². The van der Waals surface area contributed by atoms with Gasteiger partial charge in [0.1, 0.15) is 5.75 Å². The summed E-state index contributed by atoms with van der Waals surface area (Å²) >= 11 is 5.81. The molecule has 0 heterocycles. The molecule has 1 amide bonds. The fourth-order valence-electron chi connectivity index (χ4n) is 1.79. The van der Waals surface area contributed by atoms with E-state index < -0.39 is 0 Å². The van der Waals surface area contributed by atoms with Crippen LogP contribution in [0.2, 0.25) is 5.02 Å². The fraction of sp³-hybridized carbons (Fsp3) is 0.118. The maximum atomic E-state index is 12.2. The van der Waals surface area contributed by atoms with Crippen LogP contribution in [-0.2, 0) is 9.53 Å². The minimum Gasteiger partial charge on any atom is -0.497 e. The second kappa shape index (κ2) is 7.52. The number of ether oxygens (including phenoxy) is 2. The van der Waals surface area contributed by atoms with Gasteiger partial charge in [-0.1, -0.05) is 23.7 Å². The Bertz CT molecular complexity index is 663. The highest BCUT2D eigenvalue weighted by Gasteiger charge is 2.10. The van der Waals surface area contributed by atoms with Crippen molar-refractivity contribution in [1.82, 2.24) is 0 Å². The van der Waals surface area contributed by atoms with Gasteiger partial charge >= 0.3 is 0 Å². The van der Waals surface area contributed by atoms with Crippen molar-refractivity contribution in [1.29, 1.82) is 0 Å². The molecule has 0 aliphatic carbocycles. The predicted molar refractivity (Wildman–Crippen MR) is 88.1 cm³/mol. The van der Waals surface area contributed by atoms with Crippen molar-refractivity contribution in [3.63, 3.8) is 0 Å². The summed E-state index contributed by atoms with van der Waals surface area (Å²) < 4.78 is 10.3. The van der Waals surface area contributed by atoms with Crippen molar-refractivity contribution in [2.24, 2.45) is 0 Å². The molecular weight excluding hydrogens is 302 g/mol. The van der Waals surface area contributed by atoms with E-state index in [2.05, 4.69) is 5.32 Å². The van der Waals surface area contributed by atoms with Crippen molar-refractivity contribution in [2.45, 2.75) is 0 Å². The van der Waals surface area contributed by atoms with Crippen LogP contribution in [0.3, 0.4) is 0 Å². The van der Waals surface area contributed by atoms with Gasteiger partial charge < -0.3 is 14.8 Å². The molecule has 5 heteroatoms. The lowest BCUT2D eigenvalue weighted by Gasteiger charge is -2.08. The molecule has 0 fully saturated rings. The smallest absolute Gasteiger partial charge is 0.290 e. The maximum Gasteiger partial charge on any atom is 0.290 e. The molecule has 4 nitrogen and oxygen atoms in total. The Hall–Kier alpha value is -2.46. The summed E-state index contributed by atoms with van der Waals surface area (Å²) in [6, 6.07) is 14.2. The third-order valence-corrected chi connectivity index (χ3v) is 3.21. The third kappa shape index (κ3) is 4.27. The van der Waals surface area contributed by atoms with Gasteiger partial charge in [-0.25, -0.2) is 0 Å². The fourth-order valence-corrected chi connectivity index (χ4v) is 1.92. The SMILES string of the molecule is CO/C(=C\c1ccc(OC)cc1)C(=O)Nc1ccc(Cl)cc1. The number of halogens is 1. The highest BCUT2D eigenvalue weighted by molar-refractivity contribution is 6.30. The van der Waals surface area contributed by atoms with Gasteiger partial charge in [-0.2, -0.15) is 0 Å². The van der Waals surface area contributed by atoms with Gasteiger partial charge in [0.05, 0.1) is 14.2 Å². The molecule has 2 aromatic rings. The molecule has 0 saturated carbocycles. The van der Waals surface area contributed by atoms with Gasteiger partial charge in [-0.3, -0.25) is 4.79 Å². The Morgan fingerprint density at radius 2 is 1.68 bits per heavy atom. The molecule has 2 aromatic carbocycles. The lowest BCUT2D eigenvalue weighted by atomic mass is 10.2. The van der Waals surface area contributed by atoms with Crippen LogP contribution in [0.5, 0.6) is 5.75 Å². The topological polar surface area (TPSA) is 47.6 Å². The van der Waals surface area contributed by atoms with E-state index in [4.69, 9.17) is 21.1 Å². The minimum atomic E-state index is -0.333. The molecule has 0 unspecified atom stereocenters. The van der Waals surface area contributed by atoms with Crippen LogP contribution >= 0.6 is 11.6 Å². The first-order valence-corrected chi connectivity index (χ1v) is 6.97. The minimum absolute atomic E-state index is 0.208. The molecule has 0 spiro atoms. The molecule has 0 atom stereocenters. The van der Waals surface area contributed by atoms with Gasteiger partial charge in [-0.15, -0.1) is 0 Å². The summed E-state index contributed by atoms with van der Waals surface area (Å²) in [5.41, 5.74) is 1.48. The van der Waals surface area contributed by atoms with Crippen LogP contribution in [0.25, 0.3) is 6.08 Å². The zero-order chi connectivity index (χ0) is 15.9. The number of benzene rings is 2. The molecule has 1 N–H and O–H groups in total. The number of hydrogen-bond donors (Lipinski definition) is 1. The first kappa shape index (κ1) is 15.9. The first-order valence-electron chi connectivity index (χ1n) is 6.59. The molecular formula is C17H16ClNO3. The molecule has 0 saturated heterocycles. The van der Waals surface area contributed by atoms with Crippen LogP contribution in [0.1, 0.15) is 5.56 Å². The maximum absolute atomic E-state index is 12.2. The number of carbonyl (C=O) groups excluding carboxylic acids is 1. The Labute approximate surface area is 134 Å². The van der Waals surface area contributed by atoms with E-state index in [-0.39, 0.29) is 11.7 Å². The summed E-state index contributed by atoms with van der Waals surface area (Å²) in [5.74, 6) is 0.627. The van der Waals surface area contributed by atoms with Crippen LogP contribution in [0, 0.1) is 0 Å². The van der Waals surface area contributed by atoms with E-state index in [1.54, 1.807) is 37.5 Å². The summed E-state index contributed by atoms with van der Waals surface area (Å²) in [5, 5.41) is 3.36. The molecule has 2 rings (SSSR count). The van der Waals surface area contributed by atoms with E-state index in [1.807, 2.05) is 24.3 Å². The van der Waals surface area contributed by atoms with E-state index in [0.29, 0.717) is 10.7 Å². The molecule has 0 radical (unpaired) electrons. The average Bonchev–Trinajstić information content (AvgIpc) is 2.55.